The van der Waals surface area contributed by atoms with Gasteiger partial charge in [0, 0.05) is 28.1 Å². The molecule has 0 atom stereocenters. The monoisotopic (exact) mass is 417 g/mol. The minimum absolute atomic E-state index is 0.102. The molecule has 0 aromatic carbocycles. The summed E-state index contributed by atoms with van der Waals surface area (Å²) in [6.45, 7) is 9.48. The van der Waals surface area contributed by atoms with Crippen molar-refractivity contribution in [2.45, 2.75) is 57.8 Å². The van der Waals surface area contributed by atoms with Crippen LogP contribution in [0.3, 0.4) is 0 Å². The van der Waals surface area contributed by atoms with E-state index in [4.69, 9.17) is 5.73 Å². The number of nitrogens with two attached hydrogens (primary N) is 1. The molecule has 0 fully saturated rings. The first-order valence-corrected chi connectivity index (χ1v) is 10.3. The molecule has 2 rings (SSSR count). The Morgan fingerprint density at radius 2 is 2.07 bits per heavy atom. The van der Waals surface area contributed by atoms with Crippen LogP contribution in [-0.4, -0.2) is 32.8 Å². The van der Waals surface area contributed by atoms with Crippen molar-refractivity contribution in [3.05, 3.63) is 45.5 Å². The number of rotatable bonds is 8. The number of carbonyl (C=O) groups excluding carboxylic acids is 1. The average Bonchev–Trinajstić information content (AvgIpc) is 2.61. The van der Waals surface area contributed by atoms with Crippen molar-refractivity contribution in [1.29, 1.82) is 0 Å². The van der Waals surface area contributed by atoms with Gasteiger partial charge in [-0.1, -0.05) is 19.9 Å². The van der Waals surface area contributed by atoms with Gasteiger partial charge >= 0.3 is 7.05 Å². The molecule has 1 amide bonds. The Balaban J connectivity index is 2.06. The van der Waals surface area contributed by atoms with Crippen molar-refractivity contribution < 1.29 is 9.82 Å². The Labute approximate surface area is 175 Å². The predicted octanol–water partition coefficient (Wildman–Crippen LogP) is 1.78. The zero-order valence-corrected chi connectivity index (χ0v) is 18.3. The molecule has 2 heterocycles. The molecule has 10 heteroatoms. The highest BCUT2D eigenvalue weighted by Crippen LogP contribution is 2.27. The Hall–Kier alpha value is -2.46. The van der Waals surface area contributed by atoms with Crippen LogP contribution in [0.15, 0.2) is 27.9 Å². The van der Waals surface area contributed by atoms with Gasteiger partial charge in [-0.25, -0.2) is 4.98 Å². The Morgan fingerprint density at radius 1 is 1.38 bits per heavy atom. The summed E-state index contributed by atoms with van der Waals surface area (Å²) in [5.74, 6) is 0.272. The van der Waals surface area contributed by atoms with Crippen LogP contribution in [0.5, 0.6) is 0 Å². The number of aryl methyl sites for hydroxylation is 2. The summed E-state index contributed by atoms with van der Waals surface area (Å²) < 4.78 is 1.38. The van der Waals surface area contributed by atoms with E-state index in [0.717, 1.165) is 16.2 Å². The topological polar surface area (TPSA) is 122 Å². The molecule has 0 aliphatic carbocycles. The lowest BCUT2D eigenvalue weighted by molar-refractivity contribution is -0.121. The van der Waals surface area contributed by atoms with Crippen LogP contribution >= 0.6 is 11.8 Å². The number of nitrogen functional groups attached to an aromatic ring is 1. The van der Waals surface area contributed by atoms with Crippen LogP contribution in [0.1, 0.15) is 30.8 Å². The van der Waals surface area contributed by atoms with Gasteiger partial charge in [0.05, 0.1) is 0 Å². The number of nitrogens with zero attached hydrogens (tertiary/aromatic N) is 2. The molecule has 0 aliphatic heterocycles. The predicted molar refractivity (Wildman–Crippen MR) is 119 cm³/mol. The second-order valence-corrected chi connectivity index (χ2v) is 8.78. The summed E-state index contributed by atoms with van der Waals surface area (Å²) in [4.78, 5) is 30.1. The SMILES string of the molecule is CB(O)Nc1ccc(CNC(=O)Cn2c(C)cc(SC(C)C)c(N)c2=O)c(C)n1. The van der Waals surface area contributed by atoms with Crippen molar-refractivity contribution in [3.63, 3.8) is 0 Å². The maximum Gasteiger partial charge on any atom is 0.408 e. The average molecular weight is 417 g/mol. The number of pyridine rings is 2. The Kier molecular flexibility index (Phi) is 7.75. The van der Waals surface area contributed by atoms with Gasteiger partial charge in [-0.15, -0.1) is 11.8 Å². The summed E-state index contributed by atoms with van der Waals surface area (Å²) in [7, 11) is -0.702. The second kappa shape index (κ2) is 9.84. The molecule has 0 bridgehead atoms. The van der Waals surface area contributed by atoms with Gasteiger partial charge in [0.1, 0.15) is 18.1 Å². The molecular weight excluding hydrogens is 389 g/mol. The van der Waals surface area contributed by atoms with Crippen molar-refractivity contribution >= 4 is 36.2 Å². The lowest BCUT2D eigenvalue weighted by Gasteiger charge is -2.15. The van der Waals surface area contributed by atoms with Crippen LogP contribution in [0, 0.1) is 13.8 Å². The molecule has 0 saturated carbocycles. The number of nitrogens with one attached hydrogen (secondary N) is 2. The standard InChI is InChI=1S/C19H28BN5O3S/c1-11(2)29-15-8-12(3)25(19(27)18(15)21)10-17(26)22-9-14-6-7-16(23-13(14)4)24-20(5)28/h6-8,11,28H,9-10,21H2,1-5H3,(H,22,26)(H,23,24). The molecule has 0 saturated heterocycles. The van der Waals surface area contributed by atoms with E-state index in [9.17, 15) is 14.6 Å². The summed E-state index contributed by atoms with van der Waals surface area (Å²) in [6, 6.07) is 5.42. The van der Waals surface area contributed by atoms with Gasteiger partial charge < -0.3 is 25.9 Å². The molecule has 0 aliphatic rings. The second-order valence-electron chi connectivity index (χ2n) is 7.16. The van der Waals surface area contributed by atoms with Crippen molar-refractivity contribution in [2.75, 3.05) is 11.0 Å². The highest BCUT2D eigenvalue weighted by atomic mass is 32.2. The molecule has 29 heavy (non-hydrogen) atoms. The fourth-order valence-electron chi connectivity index (χ4n) is 2.77. The van der Waals surface area contributed by atoms with Crippen LogP contribution < -0.4 is 21.8 Å². The van der Waals surface area contributed by atoms with Crippen molar-refractivity contribution in [2.24, 2.45) is 0 Å². The van der Waals surface area contributed by atoms with Crippen LogP contribution in [0.2, 0.25) is 6.82 Å². The van der Waals surface area contributed by atoms with Gasteiger partial charge in [0.25, 0.3) is 5.56 Å². The summed E-state index contributed by atoms with van der Waals surface area (Å²) in [6.07, 6.45) is 0. The highest BCUT2D eigenvalue weighted by Gasteiger charge is 2.15. The van der Waals surface area contributed by atoms with Gasteiger partial charge in [-0.2, -0.15) is 0 Å². The minimum Gasteiger partial charge on any atom is -0.433 e. The number of aromatic nitrogens is 2. The number of carbonyl (C=O) groups is 1. The summed E-state index contributed by atoms with van der Waals surface area (Å²) in [5.41, 5.74) is 8.09. The van der Waals surface area contributed by atoms with Crippen LogP contribution in [0.25, 0.3) is 0 Å². The quantitative estimate of drug-likeness (QED) is 0.382. The number of amides is 1. The van der Waals surface area contributed by atoms with Crippen LogP contribution in [0.4, 0.5) is 11.5 Å². The summed E-state index contributed by atoms with van der Waals surface area (Å²) in [5, 5.41) is 15.3. The smallest absolute Gasteiger partial charge is 0.408 e. The minimum atomic E-state index is -0.702. The third-order valence-electron chi connectivity index (χ3n) is 4.20. The fraction of sp³-hybridized carbons (Fsp3) is 0.421. The fourth-order valence-corrected chi connectivity index (χ4v) is 3.73. The first-order valence-electron chi connectivity index (χ1n) is 9.43. The Morgan fingerprint density at radius 3 is 2.66 bits per heavy atom. The zero-order chi connectivity index (χ0) is 21.7. The maximum absolute atomic E-state index is 12.6. The normalized spacial score (nSPS) is 10.9. The molecule has 8 nitrogen and oxygen atoms in total. The number of hydrogen-bond donors (Lipinski definition) is 4. The van der Waals surface area contributed by atoms with E-state index in [1.54, 1.807) is 19.8 Å². The molecule has 0 spiro atoms. The first kappa shape index (κ1) is 22.8. The van der Waals surface area contributed by atoms with E-state index in [1.165, 1.54) is 16.3 Å². The molecule has 156 valence electrons. The molecule has 2 aromatic rings. The number of anilines is 2. The third-order valence-corrected chi connectivity index (χ3v) is 5.26. The lowest BCUT2D eigenvalue weighted by Crippen LogP contribution is -2.34. The van der Waals surface area contributed by atoms with E-state index in [-0.39, 0.29) is 30.2 Å². The largest absolute Gasteiger partial charge is 0.433 e. The lowest BCUT2D eigenvalue weighted by atomic mass is 9.89. The highest BCUT2D eigenvalue weighted by molar-refractivity contribution is 8.00. The van der Waals surface area contributed by atoms with E-state index in [2.05, 4.69) is 15.5 Å². The zero-order valence-electron chi connectivity index (χ0n) is 17.4. The maximum atomic E-state index is 12.6. The molecule has 5 N–H and O–H groups in total. The number of thioether (sulfide) groups is 1. The molecular formula is C19H28BN5O3S. The van der Waals surface area contributed by atoms with Crippen LogP contribution in [-0.2, 0) is 17.9 Å². The molecule has 0 radical (unpaired) electrons. The Bertz CT molecular complexity index is 946. The van der Waals surface area contributed by atoms with Crippen molar-refractivity contribution in [3.8, 4) is 0 Å². The van der Waals surface area contributed by atoms with Gasteiger partial charge in [-0.05, 0) is 38.4 Å². The van der Waals surface area contributed by atoms with E-state index < -0.39 is 7.05 Å². The van der Waals surface area contributed by atoms with Gasteiger partial charge in [-0.3, -0.25) is 9.59 Å². The number of hydrogen-bond acceptors (Lipinski definition) is 7. The van der Waals surface area contributed by atoms with Gasteiger partial charge in [0.2, 0.25) is 5.91 Å². The van der Waals surface area contributed by atoms with E-state index in [1.807, 2.05) is 32.9 Å². The van der Waals surface area contributed by atoms with E-state index in [0.29, 0.717) is 16.8 Å². The molecule has 2 aromatic heterocycles. The molecule has 0 unspecified atom stereocenters. The van der Waals surface area contributed by atoms with E-state index >= 15 is 0 Å². The van der Waals surface area contributed by atoms with Crippen molar-refractivity contribution in [1.82, 2.24) is 14.9 Å². The van der Waals surface area contributed by atoms with Gasteiger partial charge in [0.15, 0.2) is 0 Å². The summed E-state index contributed by atoms with van der Waals surface area (Å²) >= 11 is 1.53. The third kappa shape index (κ3) is 6.26. The first-order chi connectivity index (χ1) is 13.6.